The molecule has 84 valence electrons. The number of carbonyl (C=O) groups excluding carboxylic acids is 1. The lowest BCUT2D eigenvalue weighted by atomic mass is 10.3. The molecule has 1 heterocycles. The zero-order valence-electron chi connectivity index (χ0n) is 8.74. The fourth-order valence-electron chi connectivity index (χ4n) is 2.18. The maximum Gasteiger partial charge on any atom is 0.331 e. The van der Waals surface area contributed by atoms with Crippen LogP contribution in [0.25, 0.3) is 0 Å². The Bertz CT molecular complexity index is 267. The Morgan fingerprint density at radius 3 is 3.13 bits per heavy atom. The largest absolute Gasteiger partial charge is 0.444 e. The predicted molar refractivity (Wildman–Crippen MR) is 66.2 cm³/mol. The number of esters is 1. The molecule has 0 spiro atoms. The van der Waals surface area contributed by atoms with Gasteiger partial charge < -0.3 is 4.74 Å². The minimum atomic E-state index is -0.267. The average molecular weight is 244 g/mol. The summed E-state index contributed by atoms with van der Waals surface area (Å²) in [6.45, 7) is 3.47. The predicted octanol–water partition coefficient (Wildman–Crippen LogP) is 2.83. The molecule has 2 unspecified atom stereocenters. The van der Waals surface area contributed by atoms with Crippen molar-refractivity contribution >= 4 is 29.5 Å². The van der Waals surface area contributed by atoms with Gasteiger partial charge in [0, 0.05) is 6.08 Å². The molecule has 0 aromatic rings. The molecule has 2 aliphatic rings. The Kier molecular flexibility index (Phi) is 3.67. The Hall–Kier alpha value is -0.0900. The van der Waals surface area contributed by atoms with Gasteiger partial charge in [-0.1, -0.05) is 6.58 Å². The molecule has 0 radical (unpaired) electrons. The third-order valence-electron chi connectivity index (χ3n) is 2.88. The Morgan fingerprint density at radius 2 is 2.33 bits per heavy atom. The zero-order valence-corrected chi connectivity index (χ0v) is 10.4. The van der Waals surface area contributed by atoms with Crippen LogP contribution in [0.5, 0.6) is 0 Å². The van der Waals surface area contributed by atoms with Crippen molar-refractivity contribution < 1.29 is 9.53 Å². The van der Waals surface area contributed by atoms with E-state index in [1.807, 2.05) is 23.5 Å². The summed E-state index contributed by atoms with van der Waals surface area (Å²) in [5.41, 5.74) is 0. The van der Waals surface area contributed by atoms with Gasteiger partial charge in [0.1, 0.15) is 0 Å². The average Bonchev–Trinajstić information content (AvgIpc) is 2.52. The van der Waals surface area contributed by atoms with Gasteiger partial charge in [0.05, 0.1) is 5.25 Å². The standard InChI is InChI=1S/C11H16O2S2/c1-2-10(12)13-11-6-3-5-9(11)14-7-4-8-15-11/h2,9H,1,3-8H2. The highest BCUT2D eigenvalue weighted by Gasteiger charge is 2.47. The molecule has 2 nitrogen and oxygen atoms in total. The maximum absolute atomic E-state index is 11.4. The Labute approximate surface area is 99.2 Å². The van der Waals surface area contributed by atoms with E-state index in [2.05, 4.69) is 6.58 Å². The normalized spacial score (nSPS) is 35.3. The van der Waals surface area contributed by atoms with Crippen LogP contribution in [-0.4, -0.2) is 27.7 Å². The summed E-state index contributed by atoms with van der Waals surface area (Å²) >= 11 is 3.81. The minimum absolute atomic E-state index is 0.244. The first-order valence-electron chi connectivity index (χ1n) is 5.38. The lowest BCUT2D eigenvalue weighted by Gasteiger charge is -2.32. The van der Waals surface area contributed by atoms with Crippen molar-refractivity contribution in [2.45, 2.75) is 35.9 Å². The van der Waals surface area contributed by atoms with Gasteiger partial charge in [-0.15, -0.1) is 11.8 Å². The molecule has 0 aromatic heterocycles. The summed E-state index contributed by atoms with van der Waals surface area (Å²) in [5.74, 6) is 2.04. The summed E-state index contributed by atoms with van der Waals surface area (Å²) < 4.78 is 5.62. The van der Waals surface area contributed by atoms with E-state index < -0.39 is 0 Å². The van der Waals surface area contributed by atoms with Crippen LogP contribution in [0.15, 0.2) is 12.7 Å². The molecule has 2 fully saturated rings. The molecule has 0 amide bonds. The lowest BCUT2D eigenvalue weighted by molar-refractivity contribution is -0.144. The Balaban J connectivity index is 2.12. The van der Waals surface area contributed by atoms with E-state index >= 15 is 0 Å². The molecule has 4 heteroatoms. The number of rotatable bonds is 2. The third kappa shape index (κ3) is 2.36. The highest BCUT2D eigenvalue weighted by atomic mass is 32.2. The summed E-state index contributed by atoms with van der Waals surface area (Å²) in [7, 11) is 0. The van der Waals surface area contributed by atoms with Gasteiger partial charge in [-0.2, -0.15) is 11.8 Å². The van der Waals surface area contributed by atoms with E-state index in [1.165, 1.54) is 31.1 Å². The first-order chi connectivity index (χ1) is 7.27. The van der Waals surface area contributed by atoms with E-state index in [4.69, 9.17) is 4.74 Å². The van der Waals surface area contributed by atoms with Crippen molar-refractivity contribution in [1.82, 2.24) is 0 Å². The third-order valence-corrected chi connectivity index (χ3v) is 6.12. The smallest absolute Gasteiger partial charge is 0.331 e. The summed E-state index contributed by atoms with van der Waals surface area (Å²) in [6.07, 6.45) is 5.87. The second kappa shape index (κ2) is 4.83. The molecule has 15 heavy (non-hydrogen) atoms. The van der Waals surface area contributed by atoms with Crippen molar-refractivity contribution in [2.24, 2.45) is 0 Å². The van der Waals surface area contributed by atoms with Gasteiger partial charge in [-0.3, -0.25) is 0 Å². The second-order valence-electron chi connectivity index (χ2n) is 3.89. The van der Waals surface area contributed by atoms with Gasteiger partial charge in [0.25, 0.3) is 0 Å². The van der Waals surface area contributed by atoms with Crippen LogP contribution in [0, 0.1) is 0 Å². The molecule has 0 aromatic carbocycles. The van der Waals surface area contributed by atoms with Crippen LogP contribution in [0.3, 0.4) is 0 Å². The van der Waals surface area contributed by atoms with Crippen LogP contribution in [-0.2, 0) is 9.53 Å². The molecule has 1 aliphatic carbocycles. The van der Waals surface area contributed by atoms with E-state index in [-0.39, 0.29) is 10.9 Å². The molecule has 0 N–H and O–H groups in total. The SMILES string of the molecule is C=CC(=O)OC12CCCC1SCCCS2. The first-order valence-corrected chi connectivity index (χ1v) is 7.41. The zero-order chi connectivity index (χ0) is 10.7. The topological polar surface area (TPSA) is 26.3 Å². The summed E-state index contributed by atoms with van der Waals surface area (Å²) in [4.78, 5) is 11.1. The number of hydrogen-bond donors (Lipinski definition) is 0. The molecule has 1 saturated carbocycles. The van der Waals surface area contributed by atoms with E-state index in [0.717, 1.165) is 12.2 Å². The molecule has 1 aliphatic heterocycles. The van der Waals surface area contributed by atoms with Crippen LogP contribution >= 0.6 is 23.5 Å². The Morgan fingerprint density at radius 1 is 1.47 bits per heavy atom. The van der Waals surface area contributed by atoms with E-state index in [0.29, 0.717) is 5.25 Å². The summed E-state index contributed by atoms with van der Waals surface area (Å²) in [6, 6.07) is 0. The van der Waals surface area contributed by atoms with Crippen molar-refractivity contribution in [3.05, 3.63) is 12.7 Å². The van der Waals surface area contributed by atoms with Gasteiger partial charge in [-0.05, 0) is 37.2 Å². The van der Waals surface area contributed by atoms with Crippen molar-refractivity contribution in [2.75, 3.05) is 11.5 Å². The van der Waals surface area contributed by atoms with Crippen molar-refractivity contribution in [1.29, 1.82) is 0 Å². The molecule has 2 atom stereocenters. The molecular formula is C11H16O2S2. The van der Waals surface area contributed by atoms with Crippen LogP contribution in [0.4, 0.5) is 0 Å². The highest BCUT2D eigenvalue weighted by Crippen LogP contribution is 2.50. The number of ether oxygens (including phenoxy) is 1. The van der Waals surface area contributed by atoms with Crippen LogP contribution < -0.4 is 0 Å². The number of thioether (sulfide) groups is 2. The highest BCUT2D eigenvalue weighted by molar-refractivity contribution is 8.04. The van der Waals surface area contributed by atoms with Crippen LogP contribution in [0.2, 0.25) is 0 Å². The van der Waals surface area contributed by atoms with Gasteiger partial charge >= 0.3 is 5.97 Å². The summed E-state index contributed by atoms with van der Waals surface area (Å²) in [5, 5.41) is 0.494. The fourth-order valence-corrected chi connectivity index (χ4v) is 5.49. The number of fused-ring (bicyclic) bond motifs is 1. The quantitative estimate of drug-likeness (QED) is 0.551. The number of hydrogen-bond acceptors (Lipinski definition) is 4. The molecule has 0 bridgehead atoms. The monoisotopic (exact) mass is 244 g/mol. The van der Waals surface area contributed by atoms with Gasteiger partial charge in [-0.25, -0.2) is 4.79 Å². The molecular weight excluding hydrogens is 228 g/mol. The maximum atomic E-state index is 11.4. The van der Waals surface area contributed by atoms with E-state index in [1.54, 1.807) is 0 Å². The van der Waals surface area contributed by atoms with E-state index in [9.17, 15) is 4.79 Å². The van der Waals surface area contributed by atoms with Crippen LogP contribution in [0.1, 0.15) is 25.7 Å². The minimum Gasteiger partial charge on any atom is -0.444 e. The number of carbonyl (C=O) groups is 1. The fraction of sp³-hybridized carbons (Fsp3) is 0.727. The lowest BCUT2D eigenvalue weighted by Crippen LogP contribution is -2.36. The van der Waals surface area contributed by atoms with Crippen molar-refractivity contribution in [3.8, 4) is 0 Å². The van der Waals surface area contributed by atoms with Gasteiger partial charge in [0.2, 0.25) is 0 Å². The molecule has 2 rings (SSSR count). The van der Waals surface area contributed by atoms with Gasteiger partial charge in [0.15, 0.2) is 4.93 Å². The van der Waals surface area contributed by atoms with Crippen molar-refractivity contribution in [3.63, 3.8) is 0 Å². The molecule has 1 saturated heterocycles. The second-order valence-corrected chi connectivity index (χ2v) is 6.59. The first kappa shape index (κ1) is 11.4.